The molecule has 6 atom stereocenters. The van der Waals surface area contributed by atoms with E-state index in [2.05, 4.69) is 38.8 Å². The van der Waals surface area contributed by atoms with Gasteiger partial charge in [0.05, 0.1) is 17.4 Å². The van der Waals surface area contributed by atoms with Crippen LogP contribution in [0.2, 0.25) is 0 Å². The number of carbonyl (C=O) groups is 3. The van der Waals surface area contributed by atoms with Crippen LogP contribution in [0.15, 0.2) is 79.9 Å². The highest BCUT2D eigenvalue weighted by Crippen LogP contribution is 2.65. The van der Waals surface area contributed by atoms with Crippen molar-refractivity contribution in [2.45, 2.75) is 77.2 Å². The molecule has 9 heteroatoms. The second kappa shape index (κ2) is 15.3. The molecule has 3 amide bonds. The van der Waals surface area contributed by atoms with Gasteiger partial charge in [0.1, 0.15) is 11.6 Å². The third kappa shape index (κ3) is 6.55. The summed E-state index contributed by atoms with van der Waals surface area (Å²) in [5, 5.41) is 9.44. The molecule has 5 rings (SSSR count). The smallest absolute Gasteiger partial charge is 0.253 e. The molecule has 3 saturated heterocycles. The zero-order valence-electron chi connectivity index (χ0n) is 29.7. The third-order valence-electron chi connectivity index (χ3n) is 11.1. The van der Waals surface area contributed by atoms with Crippen LogP contribution in [0.1, 0.15) is 58.9 Å². The topological polar surface area (TPSA) is 93.6 Å². The molecule has 2 bridgehead atoms. The molecule has 3 unspecified atom stereocenters. The van der Waals surface area contributed by atoms with Crippen molar-refractivity contribution < 1.29 is 24.2 Å². The van der Waals surface area contributed by atoms with Gasteiger partial charge in [-0.05, 0) is 82.2 Å². The van der Waals surface area contributed by atoms with E-state index in [4.69, 9.17) is 4.74 Å². The number of rotatable bonds is 17. The van der Waals surface area contributed by atoms with Gasteiger partial charge in [0, 0.05) is 57.3 Å². The van der Waals surface area contributed by atoms with Crippen LogP contribution in [0, 0.1) is 17.8 Å². The number of hydrogen-bond donors (Lipinski definition) is 1. The third-order valence-corrected chi connectivity index (χ3v) is 11.1. The summed E-state index contributed by atoms with van der Waals surface area (Å²) in [6.07, 6.45) is 5.86. The molecule has 49 heavy (non-hydrogen) atoms. The minimum absolute atomic E-state index is 0.0651. The van der Waals surface area contributed by atoms with E-state index < -0.39 is 29.1 Å². The average molecular weight is 671 g/mol. The Balaban J connectivity index is 1.55. The van der Waals surface area contributed by atoms with Crippen molar-refractivity contribution in [3.63, 3.8) is 0 Å². The summed E-state index contributed by atoms with van der Waals surface area (Å²) < 4.78 is 7.05. The molecule has 3 aliphatic heterocycles. The first-order valence-corrected chi connectivity index (χ1v) is 17.9. The van der Waals surface area contributed by atoms with Crippen LogP contribution in [0.25, 0.3) is 0 Å². The van der Waals surface area contributed by atoms with Gasteiger partial charge < -0.3 is 29.4 Å². The number of aliphatic hydroxyl groups excluding tert-OH is 1. The Morgan fingerprint density at radius 1 is 0.959 bits per heavy atom. The van der Waals surface area contributed by atoms with E-state index in [0.29, 0.717) is 51.0 Å². The van der Waals surface area contributed by atoms with Crippen LogP contribution in [0.5, 0.6) is 0 Å². The number of carbonyl (C=O) groups excluding carboxylic acids is 3. The van der Waals surface area contributed by atoms with E-state index in [-0.39, 0.29) is 36.8 Å². The number of likely N-dealkylation sites (tertiary alicyclic amines) is 1. The molecule has 0 radical (unpaired) electrons. The second-order valence-electron chi connectivity index (χ2n) is 13.9. The van der Waals surface area contributed by atoms with Gasteiger partial charge in [0.25, 0.3) is 5.91 Å². The van der Waals surface area contributed by atoms with E-state index in [0.717, 1.165) is 24.3 Å². The number of aliphatic hydroxyl groups is 1. The standard InChI is InChI=1S/C40H54N4O5/c1-7-23-42(28-30-17-13-11-14-18-30)36(46)33-34-37(47)44(25-15-12-16-26-45)35(40(34)27-29(5)39(33,6)49-40)38(48)43(24-8-2)32-21-19-31(20-22-32)41(9-3)10-4/h7-8,11,13-14,17-22,29,33-35,45H,1-2,9-10,12,15-16,23-28H2,3-6H3/t29?,33-,34+,35?,39+,40?/m1/s1. The van der Waals surface area contributed by atoms with Crippen molar-refractivity contribution >= 4 is 29.1 Å². The van der Waals surface area contributed by atoms with Crippen molar-refractivity contribution in [3.8, 4) is 0 Å². The molecular weight excluding hydrogens is 616 g/mol. The highest BCUT2D eigenvalue weighted by molar-refractivity contribution is 6.05. The minimum atomic E-state index is -1.16. The molecule has 0 aliphatic carbocycles. The number of ether oxygens (including phenoxy) is 1. The van der Waals surface area contributed by atoms with E-state index in [1.165, 1.54) is 0 Å². The van der Waals surface area contributed by atoms with Gasteiger partial charge in [-0.2, -0.15) is 0 Å². The first-order chi connectivity index (χ1) is 23.6. The fourth-order valence-corrected chi connectivity index (χ4v) is 8.63. The summed E-state index contributed by atoms with van der Waals surface area (Å²) in [5.74, 6) is -2.21. The number of amides is 3. The molecule has 3 aliphatic rings. The molecule has 1 spiro atoms. The normalized spacial score (nSPS) is 26.8. The molecule has 0 saturated carbocycles. The lowest BCUT2D eigenvalue weighted by molar-refractivity contribution is -0.151. The Bertz CT molecular complexity index is 1490. The van der Waals surface area contributed by atoms with Gasteiger partial charge in [0.2, 0.25) is 11.8 Å². The molecular formula is C40H54N4O5. The lowest BCUT2D eigenvalue weighted by atomic mass is 9.62. The zero-order chi connectivity index (χ0) is 35.3. The summed E-state index contributed by atoms with van der Waals surface area (Å²) >= 11 is 0. The molecule has 2 aromatic carbocycles. The highest BCUT2D eigenvalue weighted by Gasteiger charge is 2.80. The van der Waals surface area contributed by atoms with Gasteiger partial charge in [-0.3, -0.25) is 14.4 Å². The number of unbranched alkanes of at least 4 members (excludes halogenated alkanes) is 2. The first kappa shape index (κ1) is 36.3. The number of hydrogen-bond acceptors (Lipinski definition) is 6. The average Bonchev–Trinajstić information content (AvgIpc) is 3.62. The second-order valence-corrected chi connectivity index (χ2v) is 13.9. The Hall–Kier alpha value is -3.95. The van der Waals surface area contributed by atoms with Crippen LogP contribution >= 0.6 is 0 Å². The van der Waals surface area contributed by atoms with Crippen molar-refractivity contribution in [1.82, 2.24) is 9.80 Å². The Kier molecular flexibility index (Phi) is 11.3. The van der Waals surface area contributed by atoms with Gasteiger partial charge >= 0.3 is 0 Å². The zero-order valence-corrected chi connectivity index (χ0v) is 29.7. The van der Waals surface area contributed by atoms with Crippen molar-refractivity contribution in [3.05, 3.63) is 85.5 Å². The molecule has 3 fully saturated rings. The molecule has 9 nitrogen and oxygen atoms in total. The Morgan fingerprint density at radius 3 is 2.22 bits per heavy atom. The van der Waals surface area contributed by atoms with Crippen LogP contribution in [0.4, 0.5) is 11.4 Å². The van der Waals surface area contributed by atoms with E-state index in [9.17, 15) is 14.7 Å². The maximum Gasteiger partial charge on any atom is 0.253 e. The number of nitrogens with zero attached hydrogens (tertiary/aromatic N) is 4. The van der Waals surface area contributed by atoms with E-state index in [1.54, 1.807) is 26.9 Å². The van der Waals surface area contributed by atoms with Crippen LogP contribution in [-0.2, 0) is 25.7 Å². The molecule has 3 heterocycles. The summed E-state index contributed by atoms with van der Waals surface area (Å²) in [6.45, 7) is 19.2. The van der Waals surface area contributed by atoms with Crippen molar-refractivity contribution in [2.24, 2.45) is 17.8 Å². The van der Waals surface area contributed by atoms with Crippen molar-refractivity contribution in [2.75, 3.05) is 49.1 Å². The number of benzene rings is 2. The number of fused-ring (bicyclic) bond motifs is 1. The largest absolute Gasteiger partial charge is 0.396 e. The van der Waals surface area contributed by atoms with Crippen LogP contribution < -0.4 is 9.80 Å². The van der Waals surface area contributed by atoms with Crippen LogP contribution in [0.3, 0.4) is 0 Å². The molecule has 0 aromatic heterocycles. The van der Waals surface area contributed by atoms with Gasteiger partial charge in [-0.15, -0.1) is 13.2 Å². The summed E-state index contributed by atoms with van der Waals surface area (Å²) in [7, 11) is 0. The van der Waals surface area contributed by atoms with Gasteiger partial charge in [0.15, 0.2) is 0 Å². The quantitative estimate of drug-likeness (QED) is 0.178. The SMILES string of the molecule is C=CCN(Cc1ccccc1)C(=O)[C@H]1[C@H]2C(=O)N(CCCCCO)C(C(=O)N(CC=C)c3ccc(N(CC)CC)cc3)C23CC(C)[C@]1(C)O3. The summed E-state index contributed by atoms with van der Waals surface area (Å²) in [5.41, 5.74) is 0.683. The highest BCUT2D eigenvalue weighted by atomic mass is 16.5. The monoisotopic (exact) mass is 670 g/mol. The van der Waals surface area contributed by atoms with Crippen LogP contribution in [-0.4, -0.2) is 89.2 Å². The lowest BCUT2D eigenvalue weighted by Gasteiger charge is -2.39. The predicted octanol–water partition coefficient (Wildman–Crippen LogP) is 5.44. The molecule has 264 valence electrons. The lowest BCUT2D eigenvalue weighted by Crippen LogP contribution is -2.57. The first-order valence-electron chi connectivity index (χ1n) is 17.9. The molecule has 2 aromatic rings. The fraction of sp³-hybridized carbons (Fsp3) is 0.525. The summed E-state index contributed by atoms with van der Waals surface area (Å²) in [6, 6.07) is 16.8. The number of anilines is 2. The van der Waals surface area contributed by atoms with Crippen molar-refractivity contribution in [1.29, 1.82) is 0 Å². The minimum Gasteiger partial charge on any atom is -0.396 e. The predicted molar refractivity (Wildman–Crippen MR) is 194 cm³/mol. The summed E-state index contributed by atoms with van der Waals surface area (Å²) in [4.78, 5) is 51.9. The van der Waals surface area contributed by atoms with Gasteiger partial charge in [-0.1, -0.05) is 49.4 Å². The maximum absolute atomic E-state index is 15.0. The fourth-order valence-electron chi connectivity index (χ4n) is 8.63. The van der Waals surface area contributed by atoms with Gasteiger partial charge in [-0.25, -0.2) is 0 Å². The Morgan fingerprint density at radius 2 is 1.61 bits per heavy atom. The van der Waals surface area contributed by atoms with E-state index in [1.807, 2.05) is 61.5 Å². The molecule has 1 N–H and O–H groups in total. The maximum atomic E-state index is 15.0. The van der Waals surface area contributed by atoms with E-state index >= 15 is 4.79 Å². The Labute approximate surface area is 292 Å².